The Bertz CT molecular complexity index is 604. The van der Waals surface area contributed by atoms with E-state index in [-0.39, 0.29) is 70.6 Å². The van der Waals surface area contributed by atoms with Gasteiger partial charge in [0.25, 0.3) is 0 Å². The van der Waals surface area contributed by atoms with E-state index >= 15 is 0 Å². The molecule has 1 heterocycles. The molecule has 0 aliphatic rings. The predicted molar refractivity (Wildman–Crippen MR) is 60.9 cm³/mol. The van der Waals surface area contributed by atoms with E-state index < -0.39 is 13.8 Å². The number of pyridine rings is 1. The number of hydrogen-bond donors (Lipinski definition) is 0. The number of nitrogens with zero attached hydrogens (tertiary/aromatic N) is 1. The summed E-state index contributed by atoms with van der Waals surface area (Å²) in [5.41, 5.74) is 1.60. The van der Waals surface area contributed by atoms with Gasteiger partial charge in [0.05, 0.1) is 0 Å². The Morgan fingerprint density at radius 1 is 1.05 bits per heavy atom. The van der Waals surface area contributed by atoms with Gasteiger partial charge in [0, 0.05) is 18.1 Å². The first-order valence-electron chi connectivity index (χ1n) is 5.16. The van der Waals surface area contributed by atoms with E-state index in [1.54, 1.807) is 18.2 Å². The third kappa shape index (κ3) is 6.48. The first-order valence-corrected chi connectivity index (χ1v) is 6.89. The summed E-state index contributed by atoms with van der Waals surface area (Å²) < 4.78 is 23.4. The van der Waals surface area contributed by atoms with Crippen LogP contribution in [-0.4, -0.2) is 4.98 Å². The summed E-state index contributed by atoms with van der Waals surface area (Å²) in [6.45, 7) is 0. The Morgan fingerprint density at radius 2 is 1.65 bits per heavy atom. The molecule has 1 aromatic heterocycles. The molecule has 0 saturated carbocycles. The van der Waals surface area contributed by atoms with Crippen molar-refractivity contribution in [3.05, 3.63) is 54.1 Å². The largest absolute Gasteiger partial charge is 1.00 e. The molecule has 0 N–H and O–H groups in total. The second kappa shape index (κ2) is 8.79. The molecule has 0 atom stereocenters. The van der Waals surface area contributed by atoms with Crippen LogP contribution in [0.15, 0.2) is 42.6 Å². The fourth-order valence-electron chi connectivity index (χ4n) is 1.58. The Balaban J connectivity index is 0.00000180. The predicted octanol–water partition coefficient (Wildman–Crippen LogP) is -4.69. The van der Waals surface area contributed by atoms with Crippen molar-refractivity contribution in [3.8, 4) is 11.1 Å². The van der Waals surface area contributed by atoms with Gasteiger partial charge in [0.1, 0.15) is 5.82 Å². The summed E-state index contributed by atoms with van der Waals surface area (Å²) in [5.74, 6) is -0.350. The SMILES string of the molecule is O=P([O-])([O-])Cc1cc(-c2ccc(F)cc2)ccn1.[Na+].[Na+]. The van der Waals surface area contributed by atoms with Crippen LogP contribution < -0.4 is 68.9 Å². The Labute approximate surface area is 160 Å². The number of halogens is 1. The van der Waals surface area contributed by atoms with E-state index in [0.717, 1.165) is 5.56 Å². The number of rotatable bonds is 3. The molecule has 0 unspecified atom stereocenters. The molecule has 2 rings (SSSR count). The van der Waals surface area contributed by atoms with Gasteiger partial charge < -0.3 is 14.4 Å². The molecule has 0 amide bonds. The van der Waals surface area contributed by atoms with Gasteiger partial charge in [-0.2, -0.15) is 0 Å². The second-order valence-corrected chi connectivity index (χ2v) is 5.35. The normalized spacial score (nSPS) is 10.3. The van der Waals surface area contributed by atoms with Crippen LogP contribution in [0.5, 0.6) is 0 Å². The van der Waals surface area contributed by atoms with Crippen LogP contribution in [0.3, 0.4) is 0 Å². The first kappa shape index (κ1) is 20.5. The standard InChI is InChI=1S/C12H11FNO3P.2Na/c13-11-3-1-9(2-4-11)10-5-6-14-12(7-10)8-18(15,16)17;;/h1-7H,8H2,(H2,15,16,17);;/q;2*+1/p-2. The van der Waals surface area contributed by atoms with Gasteiger partial charge in [-0.15, -0.1) is 0 Å². The summed E-state index contributed by atoms with van der Waals surface area (Å²) in [4.78, 5) is 25.2. The van der Waals surface area contributed by atoms with Crippen molar-refractivity contribution in [2.45, 2.75) is 6.16 Å². The third-order valence-corrected chi connectivity index (χ3v) is 3.06. The van der Waals surface area contributed by atoms with E-state index in [0.29, 0.717) is 5.56 Å². The van der Waals surface area contributed by atoms with E-state index in [1.165, 1.54) is 24.4 Å². The van der Waals surface area contributed by atoms with Crippen LogP contribution in [0.2, 0.25) is 0 Å². The second-order valence-electron chi connectivity index (χ2n) is 3.81. The third-order valence-electron chi connectivity index (χ3n) is 2.35. The van der Waals surface area contributed by atoms with Gasteiger partial charge in [0.15, 0.2) is 0 Å². The molecule has 0 radical (unpaired) electrons. The maximum atomic E-state index is 12.8. The molecule has 0 fully saturated rings. The van der Waals surface area contributed by atoms with Crippen molar-refractivity contribution in [3.63, 3.8) is 0 Å². The molecule has 20 heavy (non-hydrogen) atoms. The Morgan fingerprint density at radius 3 is 2.20 bits per heavy atom. The Hall–Kier alpha value is 0.450. The van der Waals surface area contributed by atoms with Crippen LogP contribution in [0, 0.1) is 5.82 Å². The minimum Gasteiger partial charge on any atom is -0.810 e. The average Bonchev–Trinajstić information content (AvgIpc) is 2.28. The van der Waals surface area contributed by atoms with E-state index in [9.17, 15) is 18.7 Å². The molecular weight excluding hydrogens is 302 g/mol. The van der Waals surface area contributed by atoms with Crippen LogP contribution >= 0.6 is 7.60 Å². The molecule has 94 valence electrons. The summed E-state index contributed by atoms with van der Waals surface area (Å²) in [6, 6.07) is 8.93. The van der Waals surface area contributed by atoms with Crippen molar-refractivity contribution in [2.24, 2.45) is 0 Å². The smallest absolute Gasteiger partial charge is 0.810 e. The fraction of sp³-hybridized carbons (Fsp3) is 0.0833. The number of hydrogen-bond acceptors (Lipinski definition) is 4. The minimum atomic E-state index is -4.63. The number of benzene rings is 1. The molecule has 0 saturated heterocycles. The molecule has 1 aromatic carbocycles. The van der Waals surface area contributed by atoms with Crippen molar-refractivity contribution in [1.82, 2.24) is 4.98 Å². The van der Waals surface area contributed by atoms with Crippen molar-refractivity contribution < 1.29 is 77.9 Å². The summed E-state index contributed by atoms with van der Waals surface area (Å²) in [7, 11) is -4.63. The van der Waals surface area contributed by atoms with E-state index in [1.807, 2.05) is 0 Å². The van der Waals surface area contributed by atoms with Crippen molar-refractivity contribution in [2.75, 3.05) is 0 Å². The topological polar surface area (TPSA) is 76.1 Å². The van der Waals surface area contributed by atoms with Gasteiger partial charge in [-0.3, -0.25) is 4.98 Å². The van der Waals surface area contributed by atoms with Gasteiger partial charge in [0.2, 0.25) is 0 Å². The average molecular weight is 311 g/mol. The zero-order chi connectivity index (χ0) is 13.2. The summed E-state index contributed by atoms with van der Waals surface area (Å²) in [5, 5.41) is 0. The van der Waals surface area contributed by atoms with Crippen LogP contribution in [0.4, 0.5) is 4.39 Å². The molecule has 0 spiro atoms. The maximum absolute atomic E-state index is 12.8. The van der Waals surface area contributed by atoms with Crippen LogP contribution in [0.25, 0.3) is 11.1 Å². The van der Waals surface area contributed by atoms with Crippen molar-refractivity contribution >= 4 is 7.60 Å². The zero-order valence-corrected chi connectivity index (χ0v) is 16.1. The van der Waals surface area contributed by atoms with Gasteiger partial charge in [-0.1, -0.05) is 19.7 Å². The molecule has 8 heteroatoms. The van der Waals surface area contributed by atoms with Crippen LogP contribution in [-0.2, 0) is 10.7 Å². The van der Waals surface area contributed by atoms with E-state index in [4.69, 9.17) is 0 Å². The number of aromatic nitrogens is 1. The van der Waals surface area contributed by atoms with Crippen molar-refractivity contribution in [1.29, 1.82) is 0 Å². The van der Waals surface area contributed by atoms with Crippen LogP contribution in [0.1, 0.15) is 5.69 Å². The fourth-order valence-corrected chi connectivity index (χ4v) is 2.15. The quantitative estimate of drug-likeness (QED) is 0.422. The monoisotopic (exact) mass is 311 g/mol. The first-order chi connectivity index (χ1) is 8.44. The maximum Gasteiger partial charge on any atom is 1.00 e. The van der Waals surface area contributed by atoms with Gasteiger partial charge >= 0.3 is 59.1 Å². The molecule has 2 aromatic rings. The Kier molecular flexibility index (Phi) is 8.98. The molecule has 4 nitrogen and oxygen atoms in total. The summed E-state index contributed by atoms with van der Waals surface area (Å²) >= 11 is 0. The molecule has 0 aliphatic carbocycles. The van der Waals surface area contributed by atoms with Gasteiger partial charge in [-0.25, -0.2) is 4.39 Å². The van der Waals surface area contributed by atoms with E-state index in [2.05, 4.69) is 4.98 Å². The minimum absolute atomic E-state index is 0. The molecule has 0 aliphatic heterocycles. The molecular formula is C12H9FNNa2O3P. The molecule has 0 bridgehead atoms. The summed E-state index contributed by atoms with van der Waals surface area (Å²) in [6.07, 6.45) is 0.797. The zero-order valence-electron chi connectivity index (χ0n) is 11.2. The van der Waals surface area contributed by atoms with Gasteiger partial charge in [-0.05, 0) is 35.4 Å².